The zero-order valence-electron chi connectivity index (χ0n) is 9.07. The maximum Gasteiger partial charge on any atom is 0.251 e. The van der Waals surface area contributed by atoms with Gasteiger partial charge in [-0.05, 0) is 41.1 Å². The van der Waals surface area contributed by atoms with Crippen molar-refractivity contribution >= 4 is 65.3 Å². The second kappa shape index (κ2) is 6.55. The van der Waals surface area contributed by atoms with E-state index in [0.29, 0.717) is 25.7 Å². The van der Waals surface area contributed by atoms with Gasteiger partial charge in [0.05, 0.1) is 10.6 Å². The van der Waals surface area contributed by atoms with E-state index in [1.165, 1.54) is 0 Å². The smallest absolute Gasteiger partial charge is 0.251 e. The summed E-state index contributed by atoms with van der Waals surface area (Å²) in [4.78, 5) is 12.0. The van der Waals surface area contributed by atoms with Crippen molar-refractivity contribution in [1.29, 1.82) is 0 Å². The molecule has 1 amide bonds. The quantitative estimate of drug-likeness (QED) is 0.681. The Morgan fingerprint density at radius 1 is 1.41 bits per heavy atom. The molecule has 0 saturated heterocycles. The van der Waals surface area contributed by atoms with Crippen LogP contribution in [-0.2, 0) is 0 Å². The Bertz CT molecular complexity index is 421. The van der Waals surface area contributed by atoms with E-state index in [4.69, 9.17) is 11.6 Å². The van der Waals surface area contributed by atoms with Crippen LogP contribution < -0.4 is 5.32 Å². The van der Waals surface area contributed by atoms with Gasteiger partial charge in [-0.25, -0.2) is 0 Å². The highest BCUT2D eigenvalue weighted by molar-refractivity contribution is 9.10. The first-order valence-electron chi connectivity index (χ1n) is 4.81. The Labute approximate surface area is 131 Å². The van der Waals surface area contributed by atoms with Crippen LogP contribution in [0.15, 0.2) is 22.7 Å². The first kappa shape index (κ1) is 15.5. The largest absolute Gasteiger partial charge is 0.345 e. The number of carbonyl (C=O) groups is 1. The number of nitrogens with one attached hydrogen (secondary N) is 1. The van der Waals surface area contributed by atoms with Crippen LogP contribution in [0.25, 0.3) is 0 Å². The molecule has 0 aliphatic heterocycles. The average Bonchev–Trinajstić information content (AvgIpc) is 2.32. The molecular weight excluding hydrogens is 437 g/mol. The summed E-state index contributed by atoms with van der Waals surface area (Å²) in [5, 5.41) is 4.89. The first-order valence-corrected chi connectivity index (χ1v) is 8.23. The zero-order valence-corrected chi connectivity index (χ0v) is 14.6. The summed E-state index contributed by atoms with van der Waals surface area (Å²) < 4.78 is 0.714. The molecule has 2 nitrogen and oxygen atoms in total. The average molecular weight is 448 g/mol. The SMILES string of the molecule is CC(CBr)(CBr)NC(=O)c1ccc(Cl)c(Br)c1. The van der Waals surface area contributed by atoms with Crippen molar-refractivity contribution in [2.75, 3.05) is 10.7 Å². The van der Waals surface area contributed by atoms with Gasteiger partial charge in [-0.3, -0.25) is 4.79 Å². The van der Waals surface area contributed by atoms with Crippen LogP contribution in [-0.4, -0.2) is 22.1 Å². The summed E-state index contributed by atoms with van der Waals surface area (Å²) in [6, 6.07) is 5.10. The third kappa shape index (κ3) is 4.23. The Balaban J connectivity index is 2.86. The monoisotopic (exact) mass is 445 g/mol. The molecule has 1 rings (SSSR count). The summed E-state index contributed by atoms with van der Waals surface area (Å²) >= 11 is 15.9. The molecule has 0 aliphatic carbocycles. The third-order valence-corrected chi connectivity index (χ3v) is 5.88. The van der Waals surface area contributed by atoms with Crippen LogP contribution in [0.2, 0.25) is 5.02 Å². The molecule has 0 radical (unpaired) electrons. The minimum atomic E-state index is -0.316. The molecule has 0 spiro atoms. The van der Waals surface area contributed by atoms with Gasteiger partial charge in [-0.2, -0.15) is 0 Å². The minimum absolute atomic E-state index is 0.122. The molecule has 94 valence electrons. The standard InChI is InChI=1S/C11H11Br3ClNO/c1-11(5-12,6-13)16-10(17)7-2-3-9(15)8(14)4-7/h2-4H,5-6H2,1H3,(H,16,17). The van der Waals surface area contributed by atoms with Gasteiger partial charge in [-0.1, -0.05) is 43.5 Å². The number of hydrogen-bond acceptors (Lipinski definition) is 1. The van der Waals surface area contributed by atoms with Gasteiger partial charge in [0.25, 0.3) is 5.91 Å². The first-order chi connectivity index (χ1) is 7.91. The number of hydrogen-bond donors (Lipinski definition) is 1. The molecule has 1 aromatic rings. The van der Waals surface area contributed by atoms with Crippen molar-refractivity contribution < 1.29 is 4.79 Å². The number of amides is 1. The van der Waals surface area contributed by atoms with Crippen molar-refractivity contribution in [1.82, 2.24) is 5.32 Å². The van der Waals surface area contributed by atoms with Gasteiger partial charge in [0.2, 0.25) is 0 Å². The lowest BCUT2D eigenvalue weighted by Crippen LogP contribution is -2.48. The maximum absolute atomic E-state index is 12.0. The summed E-state index contributed by atoms with van der Waals surface area (Å²) in [5.41, 5.74) is 0.262. The third-order valence-electron chi connectivity index (χ3n) is 2.19. The van der Waals surface area contributed by atoms with Gasteiger partial charge in [0.1, 0.15) is 0 Å². The minimum Gasteiger partial charge on any atom is -0.345 e. The van der Waals surface area contributed by atoms with Gasteiger partial charge >= 0.3 is 0 Å². The fourth-order valence-electron chi connectivity index (χ4n) is 1.09. The van der Waals surface area contributed by atoms with Crippen molar-refractivity contribution in [3.05, 3.63) is 33.3 Å². The number of rotatable bonds is 4. The fraction of sp³-hybridized carbons (Fsp3) is 0.364. The van der Waals surface area contributed by atoms with Gasteiger partial charge in [0.15, 0.2) is 0 Å². The van der Waals surface area contributed by atoms with Gasteiger partial charge in [0, 0.05) is 20.7 Å². The highest BCUT2D eigenvalue weighted by Gasteiger charge is 2.24. The Kier molecular flexibility index (Phi) is 5.96. The number of alkyl halides is 2. The predicted octanol–water partition coefficient (Wildman–Crippen LogP) is 4.38. The normalized spacial score (nSPS) is 11.4. The van der Waals surface area contributed by atoms with E-state index in [1.807, 2.05) is 6.92 Å². The van der Waals surface area contributed by atoms with Crippen molar-refractivity contribution in [3.8, 4) is 0 Å². The molecule has 0 aromatic heterocycles. The van der Waals surface area contributed by atoms with E-state index >= 15 is 0 Å². The molecule has 1 aromatic carbocycles. The highest BCUT2D eigenvalue weighted by Crippen LogP contribution is 2.23. The Hall–Kier alpha value is 0.420. The fourth-order valence-corrected chi connectivity index (χ4v) is 2.79. The molecule has 6 heteroatoms. The summed E-state index contributed by atoms with van der Waals surface area (Å²) in [6.45, 7) is 1.96. The van der Waals surface area contributed by atoms with E-state index in [1.54, 1.807) is 18.2 Å². The van der Waals surface area contributed by atoms with Crippen LogP contribution in [0.1, 0.15) is 17.3 Å². The molecule has 0 fully saturated rings. The molecular formula is C11H11Br3ClNO. The van der Waals surface area contributed by atoms with Gasteiger partial charge in [-0.15, -0.1) is 0 Å². The second-order valence-corrected chi connectivity index (χ2v) is 6.29. The number of carbonyl (C=O) groups excluding carboxylic acids is 1. The molecule has 0 atom stereocenters. The lowest BCUT2D eigenvalue weighted by molar-refractivity contribution is 0.0923. The van der Waals surface area contributed by atoms with Crippen LogP contribution in [0.3, 0.4) is 0 Å². The summed E-state index contributed by atoms with van der Waals surface area (Å²) in [5.74, 6) is -0.122. The lowest BCUT2D eigenvalue weighted by Gasteiger charge is -2.26. The predicted molar refractivity (Wildman–Crippen MR) is 82.6 cm³/mol. The van der Waals surface area contributed by atoms with E-state index in [2.05, 4.69) is 53.1 Å². The molecule has 0 unspecified atom stereocenters. The van der Waals surface area contributed by atoms with Crippen molar-refractivity contribution in [3.63, 3.8) is 0 Å². The van der Waals surface area contributed by atoms with E-state index in [-0.39, 0.29) is 11.4 Å². The van der Waals surface area contributed by atoms with Crippen LogP contribution in [0, 0.1) is 0 Å². The van der Waals surface area contributed by atoms with E-state index in [0.717, 1.165) is 0 Å². The number of benzene rings is 1. The molecule has 1 N–H and O–H groups in total. The molecule has 0 bridgehead atoms. The van der Waals surface area contributed by atoms with Crippen LogP contribution in [0.4, 0.5) is 0 Å². The molecule has 0 heterocycles. The van der Waals surface area contributed by atoms with Crippen molar-refractivity contribution in [2.24, 2.45) is 0 Å². The molecule has 0 aliphatic rings. The van der Waals surface area contributed by atoms with E-state index in [9.17, 15) is 4.79 Å². The van der Waals surface area contributed by atoms with E-state index < -0.39 is 0 Å². The maximum atomic E-state index is 12.0. The molecule has 0 saturated carbocycles. The highest BCUT2D eigenvalue weighted by atomic mass is 79.9. The Morgan fingerprint density at radius 3 is 2.47 bits per heavy atom. The van der Waals surface area contributed by atoms with Crippen LogP contribution in [0.5, 0.6) is 0 Å². The zero-order chi connectivity index (χ0) is 13.1. The lowest BCUT2D eigenvalue weighted by atomic mass is 10.1. The topological polar surface area (TPSA) is 29.1 Å². The van der Waals surface area contributed by atoms with Crippen LogP contribution >= 0.6 is 59.4 Å². The second-order valence-electron chi connectivity index (χ2n) is 3.91. The van der Waals surface area contributed by atoms with Gasteiger partial charge < -0.3 is 5.32 Å². The molecule has 17 heavy (non-hydrogen) atoms. The summed E-state index contributed by atoms with van der Waals surface area (Å²) in [7, 11) is 0. The Morgan fingerprint density at radius 2 is 2.00 bits per heavy atom. The van der Waals surface area contributed by atoms with Crippen molar-refractivity contribution in [2.45, 2.75) is 12.5 Å². The summed E-state index contributed by atoms with van der Waals surface area (Å²) in [6.07, 6.45) is 0. The number of halogens is 4.